The zero-order valence-corrected chi connectivity index (χ0v) is 25.1. The number of aryl methyl sites for hydroxylation is 1. The molecule has 6 rings (SSSR count). The van der Waals surface area contributed by atoms with Crippen molar-refractivity contribution in [3.8, 4) is 17.2 Å². The van der Waals surface area contributed by atoms with Crippen molar-refractivity contribution in [2.45, 2.75) is 76.0 Å². The van der Waals surface area contributed by atoms with Crippen LogP contribution in [0.3, 0.4) is 0 Å². The minimum absolute atomic E-state index is 0.00273. The molecule has 0 radical (unpaired) electrons. The van der Waals surface area contributed by atoms with Crippen LogP contribution in [0, 0.1) is 5.82 Å². The van der Waals surface area contributed by atoms with Gasteiger partial charge in [0.05, 0.1) is 19.9 Å². The fourth-order valence-electron chi connectivity index (χ4n) is 7.30. The predicted octanol–water partition coefficient (Wildman–Crippen LogP) is 6.79. The molecule has 0 N–H and O–H groups in total. The number of halogens is 1. The van der Waals surface area contributed by atoms with Crippen molar-refractivity contribution in [3.63, 3.8) is 0 Å². The third kappa shape index (κ3) is 5.47. The molecular formula is C35H41FN2O4. The van der Waals surface area contributed by atoms with Crippen molar-refractivity contribution in [2.75, 3.05) is 32.7 Å². The molecule has 0 saturated carbocycles. The summed E-state index contributed by atoms with van der Waals surface area (Å²) < 4.78 is 32.5. The Morgan fingerprint density at radius 3 is 2.33 bits per heavy atom. The molecule has 0 aromatic heterocycles. The number of carbonyl (C=O) groups is 1. The van der Waals surface area contributed by atoms with Gasteiger partial charge in [-0.05, 0) is 118 Å². The summed E-state index contributed by atoms with van der Waals surface area (Å²) in [6.07, 6.45) is 6.96. The first-order valence-electron chi connectivity index (χ1n) is 15.2. The quantitative estimate of drug-likeness (QED) is 0.298. The lowest BCUT2D eigenvalue weighted by atomic mass is 9.79. The van der Waals surface area contributed by atoms with Crippen LogP contribution in [-0.4, -0.2) is 56.8 Å². The summed E-state index contributed by atoms with van der Waals surface area (Å²) in [4.78, 5) is 18.1. The maximum absolute atomic E-state index is 15.4. The largest absolute Gasteiger partial charge is 0.497 e. The van der Waals surface area contributed by atoms with E-state index in [1.807, 2.05) is 25.1 Å². The molecule has 3 aliphatic rings. The van der Waals surface area contributed by atoms with Crippen LogP contribution in [0.4, 0.5) is 10.1 Å². The van der Waals surface area contributed by atoms with Crippen LogP contribution in [0.15, 0.2) is 54.6 Å². The van der Waals surface area contributed by atoms with Gasteiger partial charge in [-0.1, -0.05) is 12.1 Å². The summed E-state index contributed by atoms with van der Waals surface area (Å²) in [5.41, 5.74) is 4.84. The average Bonchev–Trinajstić information content (AvgIpc) is 3.21. The van der Waals surface area contributed by atoms with E-state index in [0.29, 0.717) is 29.9 Å². The number of carbonyl (C=O) groups excluding carboxylic acids is 1. The van der Waals surface area contributed by atoms with E-state index in [1.165, 1.54) is 30.0 Å². The third-order valence-electron chi connectivity index (χ3n) is 9.70. The first kappa shape index (κ1) is 28.5. The van der Waals surface area contributed by atoms with Gasteiger partial charge in [0.15, 0.2) is 11.6 Å². The van der Waals surface area contributed by atoms with Gasteiger partial charge in [-0.25, -0.2) is 4.39 Å². The van der Waals surface area contributed by atoms with Crippen molar-refractivity contribution in [2.24, 2.45) is 0 Å². The number of methoxy groups -OCH3 is 2. The SMILES string of the molecule is CCN(C(=O)c1ccc(OC2CC3CCC(C2)N3C)c(F)c1)c1cc(OC)ccc1C1CCc2cc(OC)ccc2C1. The summed E-state index contributed by atoms with van der Waals surface area (Å²) in [6, 6.07) is 17.9. The van der Waals surface area contributed by atoms with E-state index in [-0.39, 0.29) is 23.7 Å². The van der Waals surface area contributed by atoms with Gasteiger partial charge in [0.1, 0.15) is 17.6 Å². The van der Waals surface area contributed by atoms with Crippen LogP contribution in [0.25, 0.3) is 0 Å². The van der Waals surface area contributed by atoms with Gasteiger partial charge in [-0.2, -0.15) is 0 Å². The topological polar surface area (TPSA) is 51.2 Å². The van der Waals surface area contributed by atoms with Crippen LogP contribution >= 0.6 is 0 Å². The summed E-state index contributed by atoms with van der Waals surface area (Å²) in [5, 5.41) is 0. The smallest absolute Gasteiger partial charge is 0.258 e. The van der Waals surface area contributed by atoms with Crippen molar-refractivity contribution in [3.05, 3.63) is 82.7 Å². The lowest BCUT2D eigenvalue weighted by Gasteiger charge is -2.36. The summed E-state index contributed by atoms with van der Waals surface area (Å²) in [7, 11) is 5.50. The van der Waals surface area contributed by atoms with Crippen LogP contribution < -0.4 is 19.1 Å². The van der Waals surface area contributed by atoms with E-state index in [1.54, 1.807) is 31.3 Å². The molecule has 2 fully saturated rings. The lowest BCUT2D eigenvalue weighted by Crippen LogP contribution is -2.43. The highest BCUT2D eigenvalue weighted by Gasteiger charge is 2.39. The fourth-order valence-corrected chi connectivity index (χ4v) is 7.30. The maximum Gasteiger partial charge on any atom is 0.258 e. The highest BCUT2D eigenvalue weighted by molar-refractivity contribution is 6.06. The van der Waals surface area contributed by atoms with Gasteiger partial charge in [0, 0.05) is 30.3 Å². The first-order chi connectivity index (χ1) is 20.4. The van der Waals surface area contributed by atoms with Crippen molar-refractivity contribution < 1.29 is 23.4 Å². The number of anilines is 1. The summed E-state index contributed by atoms with van der Waals surface area (Å²) in [5.74, 6) is 1.29. The standard InChI is InChI=1S/C35H41FN2O4/c1-5-38(35(39)25-9-15-34(32(36)18-25)42-30-19-26-10-11-27(20-30)37(26)2)33-21-29(41-4)13-14-31(33)24-7-6-23-17-28(40-3)12-8-22(23)16-24/h8-9,12-15,17-18,21,24,26-27,30H,5-7,10-11,16,19-20H2,1-4H3. The molecular weight excluding hydrogens is 531 g/mol. The number of piperidine rings is 1. The third-order valence-corrected chi connectivity index (χ3v) is 9.70. The van der Waals surface area contributed by atoms with Crippen molar-refractivity contribution in [1.82, 2.24) is 4.90 Å². The number of hydrogen-bond acceptors (Lipinski definition) is 5. The van der Waals surface area contributed by atoms with Gasteiger partial charge < -0.3 is 24.0 Å². The molecule has 2 aliphatic heterocycles. The predicted molar refractivity (Wildman–Crippen MR) is 163 cm³/mol. The molecule has 42 heavy (non-hydrogen) atoms. The second kappa shape index (κ2) is 12.0. The van der Waals surface area contributed by atoms with Crippen LogP contribution in [0.2, 0.25) is 0 Å². The number of hydrogen-bond donors (Lipinski definition) is 0. The molecule has 222 valence electrons. The first-order valence-corrected chi connectivity index (χ1v) is 15.2. The Labute approximate surface area is 248 Å². The Kier molecular flexibility index (Phi) is 8.13. The average molecular weight is 573 g/mol. The van der Waals surface area contributed by atoms with Crippen LogP contribution in [0.5, 0.6) is 17.2 Å². The van der Waals surface area contributed by atoms with Crippen LogP contribution in [-0.2, 0) is 12.8 Å². The van der Waals surface area contributed by atoms with E-state index in [2.05, 4.69) is 30.1 Å². The number of fused-ring (bicyclic) bond motifs is 3. The molecule has 3 atom stereocenters. The number of ether oxygens (including phenoxy) is 3. The second-order valence-corrected chi connectivity index (χ2v) is 12.0. The number of nitrogens with zero attached hydrogens (tertiary/aromatic N) is 2. The number of benzene rings is 3. The second-order valence-electron chi connectivity index (χ2n) is 12.0. The molecule has 0 spiro atoms. The number of rotatable bonds is 8. The summed E-state index contributed by atoms with van der Waals surface area (Å²) >= 11 is 0. The van der Waals surface area contributed by atoms with E-state index in [9.17, 15) is 4.79 Å². The minimum atomic E-state index is -0.492. The minimum Gasteiger partial charge on any atom is -0.497 e. The summed E-state index contributed by atoms with van der Waals surface area (Å²) in [6.45, 7) is 2.39. The monoisotopic (exact) mass is 572 g/mol. The molecule has 3 unspecified atom stereocenters. The van der Waals surface area contributed by atoms with Crippen molar-refractivity contribution >= 4 is 11.6 Å². The molecule has 7 heteroatoms. The van der Waals surface area contributed by atoms with E-state index >= 15 is 4.39 Å². The van der Waals surface area contributed by atoms with Gasteiger partial charge in [-0.3, -0.25) is 4.79 Å². The lowest BCUT2D eigenvalue weighted by molar-refractivity contribution is 0.0636. The van der Waals surface area contributed by atoms with E-state index in [0.717, 1.165) is 49.1 Å². The van der Waals surface area contributed by atoms with Gasteiger partial charge in [-0.15, -0.1) is 0 Å². The maximum atomic E-state index is 15.4. The van der Waals surface area contributed by atoms with Gasteiger partial charge in [0.25, 0.3) is 5.91 Å². The van der Waals surface area contributed by atoms with E-state index in [4.69, 9.17) is 14.2 Å². The Morgan fingerprint density at radius 1 is 0.929 bits per heavy atom. The highest BCUT2D eigenvalue weighted by atomic mass is 19.1. The molecule has 1 aliphatic carbocycles. The zero-order valence-electron chi connectivity index (χ0n) is 25.1. The molecule has 2 bridgehead atoms. The normalized spacial score (nSPS) is 23.3. The molecule has 2 heterocycles. The van der Waals surface area contributed by atoms with E-state index < -0.39 is 5.82 Å². The Morgan fingerprint density at radius 2 is 1.64 bits per heavy atom. The van der Waals surface area contributed by atoms with Gasteiger partial charge >= 0.3 is 0 Å². The Balaban J connectivity index is 1.24. The Hall–Kier alpha value is -3.58. The molecule has 6 nitrogen and oxygen atoms in total. The van der Waals surface area contributed by atoms with Crippen molar-refractivity contribution in [1.29, 1.82) is 0 Å². The fraction of sp³-hybridized carbons (Fsp3) is 0.457. The Bertz CT molecular complexity index is 1440. The number of amides is 1. The molecule has 2 saturated heterocycles. The zero-order chi connectivity index (χ0) is 29.4. The molecule has 1 amide bonds. The van der Waals surface area contributed by atoms with Crippen LogP contribution in [0.1, 0.15) is 72.0 Å². The highest BCUT2D eigenvalue weighted by Crippen LogP contribution is 2.41. The molecule has 3 aromatic carbocycles. The van der Waals surface area contributed by atoms with Gasteiger partial charge in [0.2, 0.25) is 0 Å². The molecule has 3 aromatic rings.